The number of carbonyl (C=O) groups excluding carboxylic acids is 1. The highest BCUT2D eigenvalue weighted by atomic mass is 16.5. The number of nitrogens with two attached hydrogens (primary N) is 1. The number of hydrazone groups is 1. The number of rotatable bonds is 3. The third kappa shape index (κ3) is 2.59. The Labute approximate surface area is 144 Å². The van der Waals surface area contributed by atoms with Gasteiger partial charge in [0.1, 0.15) is 23.3 Å². The standard InChI is InChI=1S/C18H17N5O2/c1-25-13-9-7-11(8-10-13)15-14-16(19)22-23(12-5-3-2-4-6-12)17(14)21-18(24)20-15/h2-10,14-15H,1H3,(H2,19,22)(H,20,24). The number of urea groups is 1. The number of ether oxygens (including phenoxy) is 1. The Bertz CT molecular complexity index is 861. The largest absolute Gasteiger partial charge is 0.497 e. The fourth-order valence-electron chi connectivity index (χ4n) is 3.13. The molecule has 7 nitrogen and oxygen atoms in total. The van der Waals surface area contributed by atoms with Gasteiger partial charge >= 0.3 is 6.03 Å². The van der Waals surface area contributed by atoms with Crippen molar-refractivity contribution in [2.24, 2.45) is 21.7 Å². The van der Waals surface area contributed by atoms with Crippen LogP contribution in [0.3, 0.4) is 0 Å². The lowest BCUT2D eigenvalue weighted by molar-refractivity contribution is 0.242. The van der Waals surface area contributed by atoms with Gasteiger partial charge in [-0.25, -0.2) is 9.80 Å². The van der Waals surface area contributed by atoms with Crippen molar-refractivity contribution in [1.82, 2.24) is 5.32 Å². The van der Waals surface area contributed by atoms with Crippen LogP contribution in [0.15, 0.2) is 64.7 Å². The van der Waals surface area contributed by atoms with Crippen LogP contribution in [0.25, 0.3) is 0 Å². The van der Waals surface area contributed by atoms with Gasteiger partial charge in [-0.15, -0.1) is 0 Å². The van der Waals surface area contributed by atoms with Crippen molar-refractivity contribution in [3.8, 4) is 5.75 Å². The number of carbonyl (C=O) groups is 1. The first-order chi connectivity index (χ1) is 12.2. The number of hydrogen-bond acceptors (Lipinski definition) is 5. The lowest BCUT2D eigenvalue weighted by atomic mass is 9.90. The molecule has 0 bridgehead atoms. The zero-order valence-electron chi connectivity index (χ0n) is 13.6. The van der Waals surface area contributed by atoms with E-state index in [1.165, 1.54) is 0 Å². The summed E-state index contributed by atoms with van der Waals surface area (Å²) in [5.74, 6) is 1.39. The first kappa shape index (κ1) is 15.2. The maximum absolute atomic E-state index is 12.2. The van der Waals surface area contributed by atoms with Crippen molar-refractivity contribution >= 4 is 23.4 Å². The van der Waals surface area contributed by atoms with Gasteiger partial charge in [0, 0.05) is 0 Å². The van der Waals surface area contributed by atoms with Crippen molar-refractivity contribution in [1.29, 1.82) is 0 Å². The number of para-hydroxylation sites is 1. The van der Waals surface area contributed by atoms with Gasteiger partial charge in [0.05, 0.1) is 18.8 Å². The molecule has 2 aromatic carbocycles. The number of anilines is 1. The van der Waals surface area contributed by atoms with Gasteiger partial charge in [-0.3, -0.25) is 0 Å². The van der Waals surface area contributed by atoms with E-state index in [1.54, 1.807) is 12.1 Å². The van der Waals surface area contributed by atoms with E-state index in [0.717, 1.165) is 17.0 Å². The molecule has 2 aliphatic heterocycles. The molecule has 2 aromatic rings. The van der Waals surface area contributed by atoms with Crippen LogP contribution < -0.4 is 20.8 Å². The van der Waals surface area contributed by atoms with Gasteiger partial charge in [0.15, 0.2) is 0 Å². The molecule has 2 atom stereocenters. The normalized spacial score (nSPS) is 22.0. The molecule has 126 valence electrons. The molecule has 0 aliphatic carbocycles. The van der Waals surface area contributed by atoms with E-state index in [4.69, 9.17) is 10.5 Å². The van der Waals surface area contributed by atoms with Crippen LogP contribution in [-0.2, 0) is 0 Å². The second-order valence-electron chi connectivity index (χ2n) is 5.82. The molecule has 2 amide bonds. The van der Waals surface area contributed by atoms with Crippen LogP contribution in [0.2, 0.25) is 0 Å². The first-order valence-corrected chi connectivity index (χ1v) is 7.89. The predicted octanol–water partition coefficient (Wildman–Crippen LogP) is 2.27. The summed E-state index contributed by atoms with van der Waals surface area (Å²) < 4.78 is 5.19. The molecule has 0 saturated heterocycles. The van der Waals surface area contributed by atoms with Crippen molar-refractivity contribution in [2.45, 2.75) is 6.04 Å². The summed E-state index contributed by atoms with van der Waals surface area (Å²) in [4.78, 5) is 16.3. The molecular formula is C18H17N5O2. The number of methoxy groups -OCH3 is 1. The molecular weight excluding hydrogens is 318 g/mol. The minimum Gasteiger partial charge on any atom is -0.497 e. The number of aliphatic imine (C=N–C) groups is 1. The van der Waals surface area contributed by atoms with Crippen LogP contribution >= 0.6 is 0 Å². The summed E-state index contributed by atoms with van der Waals surface area (Å²) in [5.41, 5.74) is 7.93. The second-order valence-corrected chi connectivity index (χ2v) is 5.82. The number of benzene rings is 2. The highest BCUT2D eigenvalue weighted by Crippen LogP contribution is 2.34. The van der Waals surface area contributed by atoms with Crippen molar-refractivity contribution < 1.29 is 9.53 Å². The molecule has 0 radical (unpaired) electrons. The maximum Gasteiger partial charge on any atom is 0.343 e. The van der Waals surface area contributed by atoms with E-state index >= 15 is 0 Å². The lowest BCUT2D eigenvalue weighted by Gasteiger charge is -2.29. The molecule has 0 spiro atoms. The number of nitrogens with one attached hydrogen (secondary N) is 1. The Morgan fingerprint density at radius 1 is 1.12 bits per heavy atom. The van der Waals surface area contributed by atoms with E-state index in [2.05, 4.69) is 15.4 Å². The Kier molecular flexibility index (Phi) is 3.61. The number of amides is 2. The average molecular weight is 335 g/mol. The van der Waals surface area contributed by atoms with E-state index in [-0.39, 0.29) is 12.0 Å². The summed E-state index contributed by atoms with van der Waals surface area (Å²) in [6.07, 6.45) is 0. The lowest BCUT2D eigenvalue weighted by Crippen LogP contribution is -2.46. The van der Waals surface area contributed by atoms with E-state index in [9.17, 15) is 4.79 Å². The molecule has 3 N–H and O–H groups in total. The topological polar surface area (TPSA) is 92.3 Å². The number of fused-ring (bicyclic) bond motifs is 1. The van der Waals surface area contributed by atoms with Gasteiger partial charge < -0.3 is 15.8 Å². The predicted molar refractivity (Wildman–Crippen MR) is 95.7 cm³/mol. The monoisotopic (exact) mass is 335 g/mol. The smallest absolute Gasteiger partial charge is 0.343 e. The molecule has 4 rings (SSSR count). The fraction of sp³-hybridized carbons (Fsp3) is 0.167. The van der Waals surface area contributed by atoms with Crippen LogP contribution in [0.4, 0.5) is 10.5 Å². The summed E-state index contributed by atoms with van der Waals surface area (Å²) >= 11 is 0. The molecule has 2 aliphatic rings. The minimum atomic E-state index is -0.405. The van der Waals surface area contributed by atoms with E-state index < -0.39 is 6.03 Å². The van der Waals surface area contributed by atoms with Gasteiger partial charge in [-0.05, 0) is 29.8 Å². The van der Waals surface area contributed by atoms with Gasteiger partial charge in [0.2, 0.25) is 0 Å². The number of hydrogen-bond donors (Lipinski definition) is 2. The molecule has 0 saturated carbocycles. The highest BCUT2D eigenvalue weighted by Gasteiger charge is 2.43. The molecule has 2 heterocycles. The number of amidine groups is 2. The molecule has 2 unspecified atom stereocenters. The van der Waals surface area contributed by atoms with Gasteiger partial charge in [-0.2, -0.15) is 10.1 Å². The van der Waals surface area contributed by atoms with E-state index in [1.807, 2.05) is 54.6 Å². The van der Waals surface area contributed by atoms with Crippen LogP contribution in [0.1, 0.15) is 11.6 Å². The molecule has 7 heteroatoms. The Hall–Kier alpha value is -3.35. The van der Waals surface area contributed by atoms with Crippen LogP contribution in [0, 0.1) is 5.92 Å². The summed E-state index contributed by atoms with van der Waals surface area (Å²) in [6.45, 7) is 0. The Balaban J connectivity index is 1.73. The molecule has 0 aromatic heterocycles. The Morgan fingerprint density at radius 2 is 1.84 bits per heavy atom. The molecule has 25 heavy (non-hydrogen) atoms. The minimum absolute atomic E-state index is 0.314. The second kappa shape index (κ2) is 5.94. The van der Waals surface area contributed by atoms with Crippen LogP contribution in [-0.4, -0.2) is 24.8 Å². The zero-order valence-corrected chi connectivity index (χ0v) is 13.6. The Morgan fingerprint density at radius 3 is 2.52 bits per heavy atom. The SMILES string of the molecule is COc1ccc(C2NC(=O)N=C3C2C(N)=NN3c2ccccc2)cc1. The highest BCUT2D eigenvalue weighted by molar-refractivity contribution is 6.21. The summed E-state index contributed by atoms with van der Waals surface area (Å²) in [5, 5.41) is 8.95. The maximum atomic E-state index is 12.2. The van der Waals surface area contributed by atoms with Crippen molar-refractivity contribution in [2.75, 3.05) is 12.1 Å². The van der Waals surface area contributed by atoms with Crippen molar-refractivity contribution in [3.05, 3.63) is 60.2 Å². The van der Waals surface area contributed by atoms with Crippen LogP contribution in [0.5, 0.6) is 5.75 Å². The summed E-state index contributed by atoms with van der Waals surface area (Å²) in [6, 6.07) is 16.3. The molecule has 0 fully saturated rings. The van der Waals surface area contributed by atoms with Gasteiger partial charge in [-0.1, -0.05) is 30.3 Å². The van der Waals surface area contributed by atoms with E-state index in [0.29, 0.717) is 11.7 Å². The third-order valence-corrected chi connectivity index (χ3v) is 4.33. The summed E-state index contributed by atoms with van der Waals surface area (Å²) in [7, 11) is 1.61. The average Bonchev–Trinajstić information content (AvgIpc) is 2.98. The quantitative estimate of drug-likeness (QED) is 0.900. The number of nitrogens with zero attached hydrogens (tertiary/aromatic N) is 3. The first-order valence-electron chi connectivity index (χ1n) is 7.89. The third-order valence-electron chi connectivity index (χ3n) is 4.33. The fourth-order valence-corrected chi connectivity index (χ4v) is 3.13. The van der Waals surface area contributed by atoms with Crippen molar-refractivity contribution in [3.63, 3.8) is 0 Å². The van der Waals surface area contributed by atoms with Gasteiger partial charge in [0.25, 0.3) is 0 Å². The zero-order chi connectivity index (χ0) is 17.4.